The molecule has 3 aliphatic heterocycles. The number of carbonyl (C=O) groups excluding carboxylic acids is 1. The Hall–Kier alpha value is -2.60. The molecule has 0 aromatic heterocycles. The Morgan fingerprint density at radius 3 is 2.43 bits per heavy atom. The van der Waals surface area contributed by atoms with E-state index in [0.29, 0.717) is 17.8 Å². The summed E-state index contributed by atoms with van der Waals surface area (Å²) in [5.74, 6) is 1.41. The fourth-order valence-corrected chi connectivity index (χ4v) is 5.70. The number of piperidine rings is 3. The molecule has 3 unspecified atom stereocenters. The van der Waals surface area contributed by atoms with E-state index in [9.17, 15) is 9.18 Å². The van der Waals surface area contributed by atoms with E-state index in [1.54, 1.807) is 12.1 Å². The third kappa shape index (κ3) is 3.23. The van der Waals surface area contributed by atoms with Gasteiger partial charge in [0.05, 0.1) is 7.11 Å². The SMILES string of the molecule is COc1cc(-c2ccc(C3(OC(N)=O)CC3C3CN4CCC3CC4)cc2)ccc1F. The molecule has 3 heterocycles. The smallest absolute Gasteiger partial charge is 0.405 e. The topological polar surface area (TPSA) is 64.8 Å². The van der Waals surface area contributed by atoms with E-state index < -0.39 is 11.7 Å². The van der Waals surface area contributed by atoms with E-state index in [1.807, 2.05) is 24.3 Å². The van der Waals surface area contributed by atoms with Gasteiger partial charge in [0, 0.05) is 12.5 Å². The minimum atomic E-state index is -0.717. The zero-order chi connectivity index (χ0) is 20.9. The highest BCUT2D eigenvalue weighted by Gasteiger charge is 2.64. The van der Waals surface area contributed by atoms with Crippen molar-refractivity contribution in [1.82, 2.24) is 4.90 Å². The number of hydrogen-bond donors (Lipinski definition) is 1. The number of methoxy groups -OCH3 is 1. The van der Waals surface area contributed by atoms with Crippen molar-refractivity contribution in [2.75, 3.05) is 26.7 Å². The number of rotatable bonds is 5. The predicted octanol–water partition coefficient (Wildman–Crippen LogP) is 4.15. The molecule has 5 nitrogen and oxygen atoms in total. The zero-order valence-electron chi connectivity index (χ0n) is 17.1. The highest BCUT2D eigenvalue weighted by Crippen LogP contribution is 2.62. The lowest BCUT2D eigenvalue weighted by Gasteiger charge is -2.45. The van der Waals surface area contributed by atoms with Crippen LogP contribution in [0.15, 0.2) is 42.5 Å². The van der Waals surface area contributed by atoms with Gasteiger partial charge in [-0.25, -0.2) is 9.18 Å². The molecule has 2 aromatic carbocycles. The van der Waals surface area contributed by atoms with Crippen molar-refractivity contribution in [1.29, 1.82) is 0 Å². The van der Waals surface area contributed by atoms with Gasteiger partial charge in [-0.3, -0.25) is 0 Å². The van der Waals surface area contributed by atoms with Crippen LogP contribution in [0.2, 0.25) is 0 Å². The van der Waals surface area contributed by atoms with Gasteiger partial charge < -0.3 is 20.1 Å². The second-order valence-corrected chi connectivity index (χ2v) is 8.85. The molecule has 0 radical (unpaired) electrons. The summed E-state index contributed by atoms with van der Waals surface area (Å²) in [6, 6.07) is 12.8. The maximum absolute atomic E-state index is 13.7. The monoisotopic (exact) mass is 410 g/mol. The van der Waals surface area contributed by atoms with Gasteiger partial charge in [-0.15, -0.1) is 0 Å². The first kappa shape index (κ1) is 19.4. The first-order valence-electron chi connectivity index (χ1n) is 10.7. The lowest BCUT2D eigenvalue weighted by atomic mass is 9.75. The minimum absolute atomic E-state index is 0.217. The Labute approximate surface area is 176 Å². The third-order valence-electron chi connectivity index (χ3n) is 7.33. The first-order valence-corrected chi connectivity index (χ1v) is 10.7. The van der Waals surface area contributed by atoms with Gasteiger partial charge in [0.1, 0.15) is 5.60 Å². The third-order valence-corrected chi connectivity index (χ3v) is 7.33. The summed E-state index contributed by atoms with van der Waals surface area (Å²) in [7, 11) is 1.46. The molecule has 3 atom stereocenters. The van der Waals surface area contributed by atoms with Crippen molar-refractivity contribution in [2.24, 2.45) is 23.5 Å². The summed E-state index contributed by atoms with van der Waals surface area (Å²) in [6.45, 7) is 3.47. The molecule has 30 heavy (non-hydrogen) atoms. The highest BCUT2D eigenvalue weighted by molar-refractivity contribution is 5.68. The summed E-state index contributed by atoms with van der Waals surface area (Å²) in [6.07, 6.45) is 2.58. The number of benzene rings is 2. The van der Waals surface area contributed by atoms with Crippen molar-refractivity contribution in [2.45, 2.75) is 24.9 Å². The van der Waals surface area contributed by atoms with Gasteiger partial charge >= 0.3 is 6.09 Å². The van der Waals surface area contributed by atoms with E-state index >= 15 is 0 Å². The van der Waals surface area contributed by atoms with Crippen LogP contribution in [0.25, 0.3) is 11.1 Å². The average Bonchev–Trinajstić information content (AvgIpc) is 3.49. The van der Waals surface area contributed by atoms with Crippen molar-refractivity contribution >= 4 is 6.09 Å². The summed E-state index contributed by atoms with van der Waals surface area (Å²) in [5, 5.41) is 0. The number of nitrogens with zero attached hydrogens (tertiary/aromatic N) is 1. The standard InChI is InChI=1S/C24H27FN2O3/c1-29-22-12-17(4-7-21(22)25)15-2-5-18(6-3-15)24(30-23(26)28)13-20(24)19-14-27-10-8-16(19)9-11-27/h2-7,12,16,19-20H,8-11,13-14H2,1H3,(H2,26,28). The van der Waals surface area contributed by atoms with Gasteiger partial charge in [-0.2, -0.15) is 0 Å². The van der Waals surface area contributed by atoms with Crippen LogP contribution in [0.1, 0.15) is 24.8 Å². The van der Waals surface area contributed by atoms with E-state index in [2.05, 4.69) is 4.90 Å². The Morgan fingerprint density at radius 2 is 1.83 bits per heavy atom. The normalized spacial score (nSPS) is 31.9. The number of carbonyl (C=O) groups is 1. The lowest BCUT2D eigenvalue weighted by Crippen LogP contribution is -2.49. The zero-order valence-corrected chi connectivity index (χ0v) is 17.1. The molecule has 6 heteroatoms. The Balaban J connectivity index is 1.42. The average molecular weight is 410 g/mol. The molecular formula is C24H27FN2O3. The number of ether oxygens (including phenoxy) is 2. The van der Waals surface area contributed by atoms with Crippen LogP contribution >= 0.6 is 0 Å². The van der Waals surface area contributed by atoms with Crippen molar-refractivity contribution < 1.29 is 18.7 Å². The molecule has 158 valence electrons. The molecule has 1 saturated carbocycles. The number of hydrogen-bond acceptors (Lipinski definition) is 4. The molecular weight excluding hydrogens is 383 g/mol. The predicted molar refractivity (Wildman–Crippen MR) is 111 cm³/mol. The molecule has 0 spiro atoms. The molecule has 4 fully saturated rings. The summed E-state index contributed by atoms with van der Waals surface area (Å²) >= 11 is 0. The van der Waals surface area contributed by atoms with E-state index in [-0.39, 0.29) is 11.6 Å². The van der Waals surface area contributed by atoms with Crippen LogP contribution in [0.5, 0.6) is 5.75 Å². The fourth-order valence-electron chi connectivity index (χ4n) is 5.70. The van der Waals surface area contributed by atoms with Crippen LogP contribution in [0, 0.1) is 23.6 Å². The maximum Gasteiger partial charge on any atom is 0.405 e. The molecule has 4 aliphatic rings. The van der Waals surface area contributed by atoms with Crippen LogP contribution < -0.4 is 10.5 Å². The van der Waals surface area contributed by atoms with Gasteiger partial charge in [-0.1, -0.05) is 30.3 Å². The molecule has 2 bridgehead atoms. The van der Waals surface area contributed by atoms with Crippen LogP contribution in [0.4, 0.5) is 9.18 Å². The number of primary amides is 1. The quantitative estimate of drug-likeness (QED) is 0.804. The highest BCUT2D eigenvalue weighted by atomic mass is 19.1. The van der Waals surface area contributed by atoms with Gasteiger partial charge in [-0.05, 0) is 73.0 Å². The summed E-state index contributed by atoms with van der Waals surface area (Å²) in [4.78, 5) is 14.3. The second kappa shape index (κ2) is 7.27. The molecule has 6 rings (SSSR count). The number of halogens is 1. The Bertz CT molecular complexity index is 955. The van der Waals surface area contributed by atoms with E-state index in [0.717, 1.165) is 29.7 Å². The maximum atomic E-state index is 13.7. The fraction of sp³-hybridized carbons (Fsp3) is 0.458. The van der Waals surface area contributed by atoms with E-state index in [1.165, 1.54) is 39.1 Å². The second-order valence-electron chi connectivity index (χ2n) is 8.85. The van der Waals surface area contributed by atoms with E-state index in [4.69, 9.17) is 15.2 Å². The molecule has 1 aliphatic carbocycles. The number of amides is 1. The van der Waals surface area contributed by atoms with Crippen LogP contribution in [0.3, 0.4) is 0 Å². The summed E-state index contributed by atoms with van der Waals surface area (Å²) in [5.41, 5.74) is 7.66. The molecule has 3 saturated heterocycles. The minimum Gasteiger partial charge on any atom is -0.494 e. The summed E-state index contributed by atoms with van der Waals surface area (Å²) < 4.78 is 24.6. The Morgan fingerprint density at radius 1 is 1.13 bits per heavy atom. The molecule has 1 amide bonds. The van der Waals surface area contributed by atoms with Crippen molar-refractivity contribution in [3.63, 3.8) is 0 Å². The van der Waals surface area contributed by atoms with Crippen LogP contribution in [-0.2, 0) is 10.3 Å². The van der Waals surface area contributed by atoms with Crippen molar-refractivity contribution in [3.05, 3.63) is 53.8 Å². The number of fused-ring (bicyclic) bond motifs is 3. The first-order chi connectivity index (χ1) is 14.5. The van der Waals surface area contributed by atoms with Gasteiger partial charge in [0.25, 0.3) is 0 Å². The number of nitrogens with two attached hydrogens (primary N) is 1. The van der Waals surface area contributed by atoms with Gasteiger partial charge in [0.2, 0.25) is 0 Å². The van der Waals surface area contributed by atoms with Gasteiger partial charge in [0.15, 0.2) is 11.6 Å². The lowest BCUT2D eigenvalue weighted by molar-refractivity contribution is 0.00842. The van der Waals surface area contributed by atoms with Crippen LogP contribution in [-0.4, -0.2) is 37.7 Å². The molecule has 2 N–H and O–H groups in total. The molecule has 2 aromatic rings. The largest absolute Gasteiger partial charge is 0.494 e. The van der Waals surface area contributed by atoms with Crippen molar-refractivity contribution in [3.8, 4) is 16.9 Å². The Kier molecular flexibility index (Phi) is 4.69.